The number of aryl methyl sites for hydroxylation is 1. The predicted octanol–water partition coefficient (Wildman–Crippen LogP) is 5.65. The maximum Gasteiger partial charge on any atom is 0.513 e. The molecule has 0 unspecified atom stereocenters. The van der Waals surface area contributed by atoms with Crippen molar-refractivity contribution in [3.05, 3.63) is 113 Å². The SMILES string of the molecule is Cc1ccc(C(=O)Nc2ccc(OC(=O)OCC(C(=O)O)(C(=O)O)c3ccccc3)cc2C(=O)N(C)C)c(-c2ccc(C(F)(F)F)cc2)n1. The maximum absolute atomic E-state index is 13.5. The molecular weight excluding hydrogens is 651 g/mol. The third-order valence-electron chi connectivity index (χ3n) is 7.25. The number of carbonyl (C=O) groups excluding carboxylic acids is 3. The van der Waals surface area contributed by atoms with Gasteiger partial charge in [0, 0.05) is 25.4 Å². The number of anilines is 1. The number of ether oxygens (including phenoxy) is 2. The summed E-state index contributed by atoms with van der Waals surface area (Å²) >= 11 is 0. The third-order valence-corrected chi connectivity index (χ3v) is 7.25. The molecule has 0 spiro atoms. The fourth-order valence-corrected chi connectivity index (χ4v) is 4.64. The zero-order valence-corrected chi connectivity index (χ0v) is 26.1. The minimum absolute atomic E-state index is 0.0173. The molecule has 1 heterocycles. The van der Waals surface area contributed by atoms with Crippen molar-refractivity contribution in [3.8, 4) is 17.0 Å². The van der Waals surface area contributed by atoms with Crippen LogP contribution in [0.5, 0.6) is 5.75 Å². The fourth-order valence-electron chi connectivity index (χ4n) is 4.64. The fraction of sp³-hybridized carbons (Fsp3) is 0.176. The van der Waals surface area contributed by atoms with Crippen molar-refractivity contribution < 1.29 is 56.8 Å². The topological polar surface area (TPSA) is 172 Å². The summed E-state index contributed by atoms with van der Waals surface area (Å²) in [7, 11) is 2.84. The number of hydrogen-bond donors (Lipinski definition) is 3. The number of carboxylic acids is 2. The van der Waals surface area contributed by atoms with Crippen LogP contribution in [0.1, 0.15) is 37.5 Å². The van der Waals surface area contributed by atoms with Crippen molar-refractivity contribution in [1.82, 2.24) is 9.88 Å². The van der Waals surface area contributed by atoms with E-state index >= 15 is 0 Å². The minimum atomic E-state index is -4.57. The molecule has 0 radical (unpaired) electrons. The van der Waals surface area contributed by atoms with Crippen LogP contribution in [0.4, 0.5) is 23.7 Å². The molecule has 3 aromatic carbocycles. The molecule has 2 amide bonds. The molecule has 0 atom stereocenters. The van der Waals surface area contributed by atoms with Crippen LogP contribution in [0.25, 0.3) is 11.3 Å². The van der Waals surface area contributed by atoms with Gasteiger partial charge in [-0.1, -0.05) is 42.5 Å². The van der Waals surface area contributed by atoms with E-state index in [1.54, 1.807) is 13.0 Å². The highest BCUT2D eigenvalue weighted by atomic mass is 19.4. The van der Waals surface area contributed by atoms with Crippen LogP contribution >= 0.6 is 0 Å². The normalized spacial score (nSPS) is 11.3. The second-order valence-electron chi connectivity index (χ2n) is 10.8. The average Bonchev–Trinajstić information content (AvgIpc) is 3.05. The van der Waals surface area contributed by atoms with Gasteiger partial charge < -0.3 is 29.9 Å². The third kappa shape index (κ3) is 7.84. The first kappa shape index (κ1) is 35.6. The molecule has 0 aliphatic heterocycles. The van der Waals surface area contributed by atoms with Gasteiger partial charge in [-0.3, -0.25) is 24.2 Å². The van der Waals surface area contributed by atoms with Crippen LogP contribution in [0.15, 0.2) is 84.9 Å². The van der Waals surface area contributed by atoms with Crippen molar-refractivity contribution >= 4 is 35.6 Å². The second-order valence-corrected chi connectivity index (χ2v) is 10.8. The number of halogens is 3. The first-order valence-corrected chi connectivity index (χ1v) is 14.2. The Kier molecular flexibility index (Phi) is 10.4. The Balaban J connectivity index is 1.60. The van der Waals surface area contributed by atoms with Gasteiger partial charge in [0.25, 0.3) is 11.8 Å². The molecule has 3 N–H and O–H groups in total. The monoisotopic (exact) mass is 679 g/mol. The number of alkyl halides is 3. The van der Waals surface area contributed by atoms with Crippen LogP contribution < -0.4 is 10.1 Å². The lowest BCUT2D eigenvalue weighted by atomic mass is 9.81. The van der Waals surface area contributed by atoms with E-state index in [1.807, 2.05) is 0 Å². The zero-order chi connectivity index (χ0) is 36.1. The van der Waals surface area contributed by atoms with Crippen molar-refractivity contribution in [1.29, 1.82) is 0 Å². The van der Waals surface area contributed by atoms with Gasteiger partial charge >= 0.3 is 24.3 Å². The van der Waals surface area contributed by atoms with E-state index in [2.05, 4.69) is 10.3 Å². The molecule has 1 aromatic heterocycles. The molecule has 0 fully saturated rings. The number of rotatable bonds is 10. The van der Waals surface area contributed by atoms with Gasteiger partial charge in [-0.25, -0.2) is 4.79 Å². The Labute approximate surface area is 276 Å². The van der Waals surface area contributed by atoms with Crippen molar-refractivity contribution in [2.45, 2.75) is 18.5 Å². The molecule has 254 valence electrons. The number of carboxylic acid groups (broad SMARTS) is 2. The molecule has 0 saturated heterocycles. The standard InChI is InChI=1S/C34H28F3N3O9/c1-19-9-15-24(27(38-19)20-10-12-22(13-11-20)34(35,36)37)28(41)39-26-16-14-23(17-25(26)29(42)40(2)3)49-32(47)48-18-33(30(43)44,31(45)46)21-7-5-4-6-8-21/h4-17H,18H2,1-3H3,(H,39,41)(H,43,44)(H,45,46). The molecule has 0 aliphatic carbocycles. The predicted molar refractivity (Wildman–Crippen MR) is 167 cm³/mol. The molecule has 15 heteroatoms. The largest absolute Gasteiger partial charge is 0.513 e. The van der Waals surface area contributed by atoms with Crippen molar-refractivity contribution in [3.63, 3.8) is 0 Å². The number of aliphatic carboxylic acids is 2. The van der Waals surface area contributed by atoms with Crippen LogP contribution in [-0.2, 0) is 25.9 Å². The van der Waals surface area contributed by atoms with Crippen molar-refractivity contribution in [2.24, 2.45) is 0 Å². The highest BCUT2D eigenvalue weighted by Crippen LogP contribution is 2.32. The van der Waals surface area contributed by atoms with E-state index in [4.69, 9.17) is 9.47 Å². The Morgan fingerprint density at radius 2 is 1.45 bits per heavy atom. The van der Waals surface area contributed by atoms with E-state index < -0.39 is 53.7 Å². The number of amides is 2. The number of hydrogen-bond acceptors (Lipinski definition) is 8. The van der Waals surface area contributed by atoms with Gasteiger partial charge in [0.15, 0.2) is 0 Å². The lowest BCUT2D eigenvalue weighted by Crippen LogP contribution is -2.48. The summed E-state index contributed by atoms with van der Waals surface area (Å²) in [6.07, 6.45) is -6.04. The van der Waals surface area contributed by atoms with Gasteiger partial charge in [-0.2, -0.15) is 13.2 Å². The quantitative estimate of drug-likeness (QED) is 0.108. The summed E-state index contributed by atoms with van der Waals surface area (Å²) in [5, 5.41) is 22.2. The first-order valence-electron chi connectivity index (χ1n) is 14.2. The Bertz CT molecular complexity index is 1900. The van der Waals surface area contributed by atoms with E-state index in [1.165, 1.54) is 79.7 Å². The van der Waals surface area contributed by atoms with Gasteiger partial charge in [-0.15, -0.1) is 0 Å². The molecule has 4 rings (SSSR count). The molecule has 0 aliphatic rings. The van der Waals surface area contributed by atoms with E-state index in [9.17, 15) is 47.4 Å². The molecule has 12 nitrogen and oxygen atoms in total. The van der Waals surface area contributed by atoms with Crippen molar-refractivity contribution in [2.75, 3.05) is 26.0 Å². The number of pyridine rings is 1. The lowest BCUT2D eigenvalue weighted by Gasteiger charge is -2.24. The van der Waals surface area contributed by atoms with E-state index in [0.717, 1.165) is 18.2 Å². The van der Waals surface area contributed by atoms with Crippen LogP contribution in [0.3, 0.4) is 0 Å². The number of nitrogens with one attached hydrogen (secondary N) is 1. The maximum atomic E-state index is 13.5. The van der Waals surface area contributed by atoms with Crippen LogP contribution in [0, 0.1) is 6.92 Å². The highest BCUT2D eigenvalue weighted by molar-refractivity contribution is 6.11. The lowest BCUT2D eigenvalue weighted by molar-refractivity contribution is -0.160. The summed E-state index contributed by atoms with van der Waals surface area (Å²) in [6, 6.07) is 17.5. The van der Waals surface area contributed by atoms with E-state index in [-0.39, 0.29) is 39.4 Å². The molecule has 0 saturated carbocycles. The Morgan fingerprint density at radius 1 is 0.816 bits per heavy atom. The summed E-state index contributed by atoms with van der Waals surface area (Å²) in [5.41, 5.74) is -3.10. The second kappa shape index (κ2) is 14.3. The molecule has 0 bridgehead atoms. The Morgan fingerprint density at radius 3 is 2.02 bits per heavy atom. The molecular formula is C34H28F3N3O9. The number of aromatic nitrogens is 1. The van der Waals surface area contributed by atoms with Gasteiger partial charge in [0.2, 0.25) is 5.41 Å². The molecule has 49 heavy (non-hydrogen) atoms. The first-order chi connectivity index (χ1) is 23.0. The number of carbonyl (C=O) groups is 5. The van der Waals surface area contributed by atoms with Gasteiger partial charge in [0.1, 0.15) is 12.4 Å². The number of nitrogens with zero attached hydrogens (tertiary/aromatic N) is 2. The van der Waals surface area contributed by atoms with Crippen LogP contribution in [0.2, 0.25) is 0 Å². The van der Waals surface area contributed by atoms with Crippen LogP contribution in [-0.4, -0.2) is 70.7 Å². The average molecular weight is 680 g/mol. The zero-order valence-electron chi connectivity index (χ0n) is 26.1. The summed E-state index contributed by atoms with van der Waals surface area (Å²) in [6.45, 7) is 0.502. The smallest absolute Gasteiger partial charge is 0.480 e. The minimum Gasteiger partial charge on any atom is -0.480 e. The molecule has 4 aromatic rings. The van der Waals surface area contributed by atoms with E-state index in [0.29, 0.717) is 5.69 Å². The summed E-state index contributed by atoms with van der Waals surface area (Å²) in [5.74, 6) is -5.25. The van der Waals surface area contributed by atoms with Gasteiger partial charge in [-0.05, 0) is 55.0 Å². The highest BCUT2D eigenvalue weighted by Gasteiger charge is 2.50. The van der Waals surface area contributed by atoms with Gasteiger partial charge in [0.05, 0.1) is 28.1 Å². The Hall–Kier alpha value is -6.25. The number of benzene rings is 3. The summed E-state index contributed by atoms with van der Waals surface area (Å²) < 4.78 is 49.4. The summed E-state index contributed by atoms with van der Waals surface area (Å²) in [4.78, 5) is 68.9.